The highest BCUT2D eigenvalue weighted by atomic mass is 16.5. The van der Waals surface area contributed by atoms with E-state index in [2.05, 4.69) is 29.4 Å². The Labute approximate surface area is 103 Å². The summed E-state index contributed by atoms with van der Waals surface area (Å²) in [4.78, 5) is 0. The predicted molar refractivity (Wildman–Crippen MR) is 67.9 cm³/mol. The van der Waals surface area contributed by atoms with E-state index in [0.29, 0.717) is 12.0 Å². The fourth-order valence-corrected chi connectivity index (χ4v) is 2.59. The minimum absolute atomic E-state index is 0.453. The first-order valence-corrected chi connectivity index (χ1v) is 6.55. The molecule has 1 aromatic rings. The molecule has 0 bridgehead atoms. The van der Waals surface area contributed by atoms with Gasteiger partial charge in [0.1, 0.15) is 0 Å². The van der Waals surface area contributed by atoms with Crippen molar-refractivity contribution in [2.75, 3.05) is 13.2 Å². The average molecular weight is 237 g/mol. The fraction of sp³-hybridized carbons (Fsp3) is 0.769. The number of nitrogens with zero attached hydrogens (tertiary/aromatic N) is 1. The lowest BCUT2D eigenvalue weighted by molar-refractivity contribution is 0.0872. The first-order valence-electron chi connectivity index (χ1n) is 6.55. The molecule has 96 valence electrons. The summed E-state index contributed by atoms with van der Waals surface area (Å²) in [5, 5.41) is 10.8. The fourth-order valence-electron chi connectivity index (χ4n) is 2.59. The van der Waals surface area contributed by atoms with E-state index in [1.54, 1.807) is 0 Å². The molecule has 4 nitrogen and oxygen atoms in total. The van der Waals surface area contributed by atoms with Crippen LogP contribution in [0.4, 0.5) is 0 Å². The van der Waals surface area contributed by atoms with Crippen LogP contribution in [0, 0.1) is 19.8 Å². The monoisotopic (exact) mass is 237 g/mol. The molecule has 2 heterocycles. The van der Waals surface area contributed by atoms with Gasteiger partial charge in [-0.25, -0.2) is 0 Å². The van der Waals surface area contributed by atoms with Crippen LogP contribution in [0.1, 0.15) is 36.7 Å². The van der Waals surface area contributed by atoms with Crippen molar-refractivity contribution >= 4 is 0 Å². The summed E-state index contributed by atoms with van der Waals surface area (Å²) in [5.74, 6) is 0.674. The van der Waals surface area contributed by atoms with Crippen LogP contribution in [-0.2, 0) is 11.3 Å². The Morgan fingerprint density at radius 1 is 1.47 bits per heavy atom. The minimum atomic E-state index is 0.453. The van der Waals surface area contributed by atoms with Crippen LogP contribution in [0.3, 0.4) is 0 Å². The highest BCUT2D eigenvalue weighted by Gasteiger charge is 2.26. The van der Waals surface area contributed by atoms with Gasteiger partial charge >= 0.3 is 0 Å². The van der Waals surface area contributed by atoms with Crippen molar-refractivity contribution in [2.45, 2.75) is 46.3 Å². The summed E-state index contributed by atoms with van der Waals surface area (Å²) < 4.78 is 5.69. The topological polar surface area (TPSA) is 49.9 Å². The maximum atomic E-state index is 5.69. The molecule has 1 saturated heterocycles. The van der Waals surface area contributed by atoms with Crippen LogP contribution in [0.2, 0.25) is 0 Å². The third-order valence-corrected chi connectivity index (χ3v) is 3.74. The number of aromatic amines is 1. The number of nitrogens with one attached hydrogen (secondary N) is 2. The summed E-state index contributed by atoms with van der Waals surface area (Å²) in [6.45, 7) is 9.20. The van der Waals surface area contributed by atoms with Crippen LogP contribution in [0.5, 0.6) is 0 Å². The van der Waals surface area contributed by atoms with Gasteiger partial charge in [0, 0.05) is 31.0 Å². The second-order valence-corrected chi connectivity index (χ2v) is 4.91. The number of hydrogen-bond acceptors (Lipinski definition) is 3. The zero-order valence-electron chi connectivity index (χ0n) is 11.0. The van der Waals surface area contributed by atoms with Crippen molar-refractivity contribution in [3.8, 4) is 0 Å². The van der Waals surface area contributed by atoms with Crippen LogP contribution in [0.15, 0.2) is 0 Å². The Hall–Kier alpha value is -0.870. The highest BCUT2D eigenvalue weighted by Crippen LogP contribution is 2.22. The molecule has 1 aliphatic heterocycles. The molecule has 1 aliphatic rings. The van der Waals surface area contributed by atoms with E-state index in [1.807, 2.05) is 6.92 Å². The van der Waals surface area contributed by atoms with Gasteiger partial charge in [-0.05, 0) is 32.6 Å². The summed E-state index contributed by atoms with van der Waals surface area (Å²) in [6, 6.07) is 0. The maximum absolute atomic E-state index is 5.69. The van der Waals surface area contributed by atoms with Crippen LogP contribution >= 0.6 is 0 Å². The van der Waals surface area contributed by atoms with E-state index in [1.165, 1.54) is 17.7 Å². The van der Waals surface area contributed by atoms with Crippen molar-refractivity contribution in [3.63, 3.8) is 0 Å². The highest BCUT2D eigenvalue weighted by molar-refractivity contribution is 5.22. The van der Waals surface area contributed by atoms with E-state index in [-0.39, 0.29) is 0 Å². The van der Waals surface area contributed by atoms with Gasteiger partial charge in [-0.2, -0.15) is 5.10 Å². The Morgan fingerprint density at radius 2 is 2.29 bits per heavy atom. The van der Waals surface area contributed by atoms with Gasteiger partial charge in [-0.15, -0.1) is 0 Å². The predicted octanol–water partition coefficient (Wildman–Crippen LogP) is 1.93. The second kappa shape index (κ2) is 5.65. The molecule has 2 N–H and O–H groups in total. The average Bonchev–Trinajstić information content (AvgIpc) is 2.89. The van der Waals surface area contributed by atoms with Crippen LogP contribution < -0.4 is 5.32 Å². The van der Waals surface area contributed by atoms with E-state index >= 15 is 0 Å². The Bertz CT molecular complexity index is 342. The minimum Gasteiger partial charge on any atom is -0.378 e. The smallest absolute Gasteiger partial charge is 0.0638 e. The second-order valence-electron chi connectivity index (χ2n) is 4.91. The van der Waals surface area contributed by atoms with Crippen molar-refractivity contribution in [2.24, 2.45) is 5.92 Å². The zero-order valence-corrected chi connectivity index (χ0v) is 11.0. The quantitative estimate of drug-likeness (QED) is 0.822. The summed E-state index contributed by atoms with van der Waals surface area (Å²) in [5.41, 5.74) is 3.58. The molecule has 2 unspecified atom stereocenters. The molecule has 0 spiro atoms. The largest absolute Gasteiger partial charge is 0.378 e. The summed E-state index contributed by atoms with van der Waals surface area (Å²) in [7, 11) is 0. The summed E-state index contributed by atoms with van der Waals surface area (Å²) >= 11 is 0. The van der Waals surface area contributed by atoms with Crippen LogP contribution in [0.25, 0.3) is 0 Å². The lowest BCUT2D eigenvalue weighted by Gasteiger charge is -2.17. The van der Waals surface area contributed by atoms with E-state index in [4.69, 9.17) is 4.74 Å². The molecule has 0 radical (unpaired) electrons. The van der Waals surface area contributed by atoms with Gasteiger partial charge in [0.25, 0.3) is 0 Å². The van der Waals surface area contributed by atoms with Crippen molar-refractivity contribution in [3.05, 3.63) is 17.0 Å². The molecule has 0 aromatic carbocycles. The maximum Gasteiger partial charge on any atom is 0.0638 e. The molecular weight excluding hydrogens is 214 g/mol. The Morgan fingerprint density at radius 3 is 2.94 bits per heavy atom. The molecule has 0 aliphatic carbocycles. The number of rotatable bonds is 5. The molecule has 0 amide bonds. The first-order chi connectivity index (χ1) is 8.22. The number of hydrogen-bond donors (Lipinski definition) is 2. The van der Waals surface area contributed by atoms with Gasteiger partial charge in [0.05, 0.1) is 11.8 Å². The van der Waals surface area contributed by atoms with Crippen molar-refractivity contribution < 1.29 is 4.74 Å². The summed E-state index contributed by atoms with van der Waals surface area (Å²) in [6.07, 6.45) is 2.76. The number of H-pyrrole nitrogens is 1. The molecule has 1 aromatic heterocycles. The third kappa shape index (κ3) is 2.87. The molecule has 1 fully saturated rings. The normalized spacial score (nSPS) is 24.4. The van der Waals surface area contributed by atoms with E-state index in [0.717, 1.165) is 31.8 Å². The first kappa shape index (κ1) is 12.6. The van der Waals surface area contributed by atoms with Gasteiger partial charge in [-0.1, -0.05) is 6.92 Å². The SMILES string of the molecule is CCC1OCCC1CNCc1c(C)n[nH]c1C. The Kier molecular flexibility index (Phi) is 4.18. The van der Waals surface area contributed by atoms with E-state index in [9.17, 15) is 0 Å². The third-order valence-electron chi connectivity index (χ3n) is 3.74. The molecular formula is C13H23N3O. The number of ether oxygens (including phenoxy) is 1. The van der Waals surface area contributed by atoms with Gasteiger partial charge in [0.2, 0.25) is 0 Å². The lowest BCUT2D eigenvalue weighted by atomic mass is 9.99. The number of aryl methyl sites for hydroxylation is 2. The van der Waals surface area contributed by atoms with Crippen LogP contribution in [-0.4, -0.2) is 29.5 Å². The molecule has 2 rings (SSSR count). The van der Waals surface area contributed by atoms with Gasteiger partial charge in [0.15, 0.2) is 0 Å². The molecule has 4 heteroatoms. The van der Waals surface area contributed by atoms with Gasteiger partial charge in [-0.3, -0.25) is 5.10 Å². The lowest BCUT2D eigenvalue weighted by Crippen LogP contribution is -2.28. The molecule has 2 atom stereocenters. The zero-order chi connectivity index (χ0) is 12.3. The van der Waals surface area contributed by atoms with Crippen molar-refractivity contribution in [1.29, 1.82) is 0 Å². The Balaban J connectivity index is 1.80. The van der Waals surface area contributed by atoms with Gasteiger partial charge < -0.3 is 10.1 Å². The standard InChI is InChI=1S/C13H23N3O/c1-4-13-11(5-6-17-13)7-14-8-12-9(2)15-16-10(12)3/h11,13-14H,4-8H2,1-3H3,(H,15,16). The van der Waals surface area contributed by atoms with E-state index < -0.39 is 0 Å². The van der Waals surface area contributed by atoms with Crippen molar-refractivity contribution in [1.82, 2.24) is 15.5 Å². The molecule has 17 heavy (non-hydrogen) atoms. The molecule has 0 saturated carbocycles. The number of aromatic nitrogens is 2.